The fourth-order valence-electron chi connectivity index (χ4n) is 1.62. The summed E-state index contributed by atoms with van der Waals surface area (Å²) in [5.41, 5.74) is 0.927. The fourth-order valence-corrected chi connectivity index (χ4v) is 1.62. The van der Waals surface area contributed by atoms with Crippen LogP contribution in [-0.4, -0.2) is 27.7 Å². The van der Waals surface area contributed by atoms with Gasteiger partial charge < -0.3 is 10.4 Å². The molecular weight excluding hydrogens is 202 g/mol. The molecule has 1 aromatic carbocycles. The number of para-hydroxylation sites is 1. The predicted octanol–water partition coefficient (Wildman–Crippen LogP) is 1.81. The largest absolute Gasteiger partial charge is 0.396 e. The Hall–Kier alpha value is -1.68. The monoisotopic (exact) mass is 217 g/mol. The lowest BCUT2D eigenvalue weighted by Crippen LogP contribution is -2.17. The molecule has 1 unspecified atom stereocenters. The Balaban J connectivity index is 2.30. The van der Waals surface area contributed by atoms with Crippen LogP contribution in [0.25, 0.3) is 10.9 Å². The number of aromatic nitrogens is 2. The smallest absolute Gasteiger partial charge is 0.137 e. The van der Waals surface area contributed by atoms with Crippen molar-refractivity contribution in [1.82, 2.24) is 9.97 Å². The number of aliphatic hydroxyl groups excluding tert-OH is 1. The van der Waals surface area contributed by atoms with E-state index in [0.29, 0.717) is 6.42 Å². The molecule has 0 spiro atoms. The zero-order valence-corrected chi connectivity index (χ0v) is 9.22. The zero-order chi connectivity index (χ0) is 11.4. The van der Waals surface area contributed by atoms with Crippen LogP contribution in [0.3, 0.4) is 0 Å². The number of rotatable bonds is 4. The van der Waals surface area contributed by atoms with E-state index in [1.807, 2.05) is 31.2 Å². The van der Waals surface area contributed by atoms with Gasteiger partial charge in [-0.3, -0.25) is 0 Å². The number of benzene rings is 1. The highest BCUT2D eigenvalue weighted by molar-refractivity contribution is 5.88. The van der Waals surface area contributed by atoms with E-state index in [0.717, 1.165) is 16.7 Å². The van der Waals surface area contributed by atoms with E-state index in [2.05, 4.69) is 15.3 Å². The van der Waals surface area contributed by atoms with Crippen LogP contribution in [0.5, 0.6) is 0 Å². The van der Waals surface area contributed by atoms with Crippen LogP contribution in [0.15, 0.2) is 30.6 Å². The Morgan fingerprint density at radius 2 is 2.12 bits per heavy atom. The maximum Gasteiger partial charge on any atom is 0.137 e. The number of hydrogen-bond acceptors (Lipinski definition) is 4. The Bertz CT molecular complexity index is 467. The van der Waals surface area contributed by atoms with E-state index in [-0.39, 0.29) is 12.6 Å². The van der Waals surface area contributed by atoms with Gasteiger partial charge in [-0.15, -0.1) is 0 Å². The molecule has 0 aliphatic heterocycles. The molecule has 0 fully saturated rings. The number of nitrogens with one attached hydrogen (secondary N) is 1. The van der Waals surface area contributed by atoms with Crippen LogP contribution in [-0.2, 0) is 0 Å². The summed E-state index contributed by atoms with van der Waals surface area (Å²) in [6.07, 6.45) is 2.26. The molecule has 0 radical (unpaired) electrons. The van der Waals surface area contributed by atoms with Crippen LogP contribution >= 0.6 is 0 Å². The Kier molecular flexibility index (Phi) is 3.31. The molecule has 0 bridgehead atoms. The SMILES string of the molecule is CC(CCO)Nc1ncnc2ccccc12. The molecule has 4 nitrogen and oxygen atoms in total. The maximum absolute atomic E-state index is 8.86. The van der Waals surface area contributed by atoms with Gasteiger partial charge in [0.25, 0.3) is 0 Å². The molecule has 4 heteroatoms. The second-order valence-electron chi connectivity index (χ2n) is 3.80. The number of aliphatic hydroxyl groups is 1. The lowest BCUT2D eigenvalue weighted by Gasteiger charge is -2.14. The van der Waals surface area contributed by atoms with Crippen molar-refractivity contribution in [1.29, 1.82) is 0 Å². The zero-order valence-electron chi connectivity index (χ0n) is 9.22. The normalized spacial score (nSPS) is 12.6. The number of hydrogen-bond donors (Lipinski definition) is 2. The molecule has 84 valence electrons. The summed E-state index contributed by atoms with van der Waals surface area (Å²) in [6, 6.07) is 8.06. The summed E-state index contributed by atoms with van der Waals surface area (Å²) in [4.78, 5) is 8.42. The van der Waals surface area contributed by atoms with E-state index in [9.17, 15) is 0 Å². The van der Waals surface area contributed by atoms with E-state index in [1.165, 1.54) is 0 Å². The van der Waals surface area contributed by atoms with Gasteiger partial charge in [-0.2, -0.15) is 0 Å². The molecule has 0 saturated carbocycles. The summed E-state index contributed by atoms with van der Waals surface area (Å²) in [5.74, 6) is 0.826. The van der Waals surface area contributed by atoms with Crippen molar-refractivity contribution in [3.8, 4) is 0 Å². The Morgan fingerprint density at radius 1 is 1.31 bits per heavy atom. The molecular formula is C12H15N3O. The third-order valence-electron chi connectivity index (χ3n) is 2.49. The van der Waals surface area contributed by atoms with E-state index in [4.69, 9.17) is 5.11 Å². The lowest BCUT2D eigenvalue weighted by molar-refractivity contribution is 0.282. The summed E-state index contributed by atoms with van der Waals surface area (Å²) in [5, 5.41) is 13.1. The van der Waals surface area contributed by atoms with Crippen molar-refractivity contribution in [2.45, 2.75) is 19.4 Å². The van der Waals surface area contributed by atoms with Crippen molar-refractivity contribution in [3.05, 3.63) is 30.6 Å². The first kappa shape index (κ1) is 10.8. The minimum absolute atomic E-state index is 0.178. The van der Waals surface area contributed by atoms with Gasteiger partial charge >= 0.3 is 0 Å². The number of nitrogens with zero attached hydrogens (tertiary/aromatic N) is 2. The average Bonchev–Trinajstić information content (AvgIpc) is 2.30. The van der Waals surface area contributed by atoms with Gasteiger partial charge in [-0.25, -0.2) is 9.97 Å². The molecule has 1 atom stereocenters. The van der Waals surface area contributed by atoms with Crippen molar-refractivity contribution in [2.75, 3.05) is 11.9 Å². The van der Waals surface area contributed by atoms with E-state index < -0.39 is 0 Å². The molecule has 1 aromatic heterocycles. The van der Waals surface area contributed by atoms with Gasteiger partial charge in [0.2, 0.25) is 0 Å². The summed E-state index contributed by atoms with van der Waals surface area (Å²) in [7, 11) is 0. The van der Waals surface area contributed by atoms with Crippen molar-refractivity contribution in [2.24, 2.45) is 0 Å². The molecule has 2 N–H and O–H groups in total. The van der Waals surface area contributed by atoms with Gasteiger partial charge in [0.1, 0.15) is 12.1 Å². The van der Waals surface area contributed by atoms with Crippen molar-refractivity contribution >= 4 is 16.7 Å². The predicted molar refractivity (Wildman–Crippen MR) is 64.3 cm³/mol. The molecule has 1 heterocycles. The molecule has 2 aromatic rings. The maximum atomic E-state index is 8.86. The van der Waals surface area contributed by atoms with Gasteiger partial charge in [0.15, 0.2) is 0 Å². The summed E-state index contributed by atoms with van der Waals surface area (Å²) >= 11 is 0. The van der Waals surface area contributed by atoms with Gasteiger partial charge in [0, 0.05) is 18.0 Å². The first-order chi connectivity index (χ1) is 7.81. The summed E-state index contributed by atoms with van der Waals surface area (Å²) in [6.45, 7) is 2.20. The van der Waals surface area contributed by atoms with Gasteiger partial charge in [-0.05, 0) is 25.5 Å². The Morgan fingerprint density at radius 3 is 2.94 bits per heavy atom. The standard InChI is InChI=1S/C12H15N3O/c1-9(6-7-16)15-12-10-4-2-3-5-11(10)13-8-14-12/h2-5,8-9,16H,6-7H2,1H3,(H,13,14,15). The molecule has 0 aliphatic carbocycles. The highest BCUT2D eigenvalue weighted by atomic mass is 16.3. The quantitative estimate of drug-likeness (QED) is 0.820. The molecule has 2 rings (SSSR count). The topological polar surface area (TPSA) is 58.0 Å². The van der Waals surface area contributed by atoms with Crippen LogP contribution in [0, 0.1) is 0 Å². The van der Waals surface area contributed by atoms with Crippen molar-refractivity contribution < 1.29 is 5.11 Å². The number of fused-ring (bicyclic) bond motifs is 1. The van der Waals surface area contributed by atoms with Crippen LogP contribution in [0.1, 0.15) is 13.3 Å². The molecule has 0 aliphatic rings. The number of anilines is 1. The van der Waals surface area contributed by atoms with Crippen molar-refractivity contribution in [3.63, 3.8) is 0 Å². The van der Waals surface area contributed by atoms with E-state index >= 15 is 0 Å². The molecule has 0 saturated heterocycles. The lowest BCUT2D eigenvalue weighted by atomic mass is 10.2. The highest BCUT2D eigenvalue weighted by Gasteiger charge is 2.05. The third-order valence-corrected chi connectivity index (χ3v) is 2.49. The van der Waals surface area contributed by atoms with Crippen LogP contribution in [0.4, 0.5) is 5.82 Å². The first-order valence-corrected chi connectivity index (χ1v) is 5.38. The second-order valence-corrected chi connectivity index (χ2v) is 3.80. The average molecular weight is 217 g/mol. The van der Waals surface area contributed by atoms with Gasteiger partial charge in [0.05, 0.1) is 5.52 Å². The summed E-state index contributed by atoms with van der Waals surface area (Å²) < 4.78 is 0. The van der Waals surface area contributed by atoms with E-state index in [1.54, 1.807) is 6.33 Å². The minimum atomic E-state index is 0.178. The molecule has 16 heavy (non-hydrogen) atoms. The van der Waals surface area contributed by atoms with Crippen LogP contribution < -0.4 is 5.32 Å². The second kappa shape index (κ2) is 4.90. The first-order valence-electron chi connectivity index (χ1n) is 5.38. The minimum Gasteiger partial charge on any atom is -0.396 e. The fraction of sp³-hybridized carbons (Fsp3) is 0.333. The Labute approximate surface area is 94.4 Å². The van der Waals surface area contributed by atoms with Gasteiger partial charge in [-0.1, -0.05) is 12.1 Å². The van der Waals surface area contributed by atoms with Crippen LogP contribution in [0.2, 0.25) is 0 Å². The third kappa shape index (κ3) is 2.28. The highest BCUT2D eigenvalue weighted by Crippen LogP contribution is 2.19. The molecule has 0 amide bonds.